The average molecular weight is 278 g/mol. The minimum atomic E-state index is -3.68. The average Bonchev–Trinajstić information content (AvgIpc) is 2.38. The SMILES string of the molecule is CCc1nc(C)ccc1S(=O)(=O)Nc1ccncn1. The van der Waals surface area contributed by atoms with Crippen LogP contribution in [0.1, 0.15) is 18.3 Å². The topological polar surface area (TPSA) is 84.8 Å². The Morgan fingerprint density at radius 3 is 2.68 bits per heavy atom. The minimum Gasteiger partial charge on any atom is -0.263 e. The summed E-state index contributed by atoms with van der Waals surface area (Å²) in [5.41, 5.74) is 1.33. The highest BCUT2D eigenvalue weighted by atomic mass is 32.2. The molecule has 0 unspecified atom stereocenters. The molecule has 6 nitrogen and oxygen atoms in total. The highest BCUT2D eigenvalue weighted by molar-refractivity contribution is 7.92. The van der Waals surface area contributed by atoms with Crippen LogP contribution in [0.5, 0.6) is 0 Å². The molecule has 0 radical (unpaired) electrons. The van der Waals surface area contributed by atoms with Gasteiger partial charge in [-0.1, -0.05) is 6.92 Å². The van der Waals surface area contributed by atoms with Crippen molar-refractivity contribution in [2.75, 3.05) is 4.72 Å². The fourth-order valence-electron chi connectivity index (χ4n) is 1.64. The Balaban J connectivity index is 2.40. The number of pyridine rings is 1. The van der Waals surface area contributed by atoms with Crippen LogP contribution >= 0.6 is 0 Å². The van der Waals surface area contributed by atoms with E-state index in [-0.39, 0.29) is 10.7 Å². The molecule has 0 bridgehead atoms. The molecule has 0 spiro atoms. The first kappa shape index (κ1) is 13.4. The van der Waals surface area contributed by atoms with E-state index in [9.17, 15) is 8.42 Å². The van der Waals surface area contributed by atoms with Gasteiger partial charge in [0.05, 0.1) is 5.69 Å². The van der Waals surface area contributed by atoms with E-state index in [1.54, 1.807) is 12.1 Å². The van der Waals surface area contributed by atoms with Gasteiger partial charge in [0.2, 0.25) is 0 Å². The Kier molecular flexibility index (Phi) is 3.75. The highest BCUT2D eigenvalue weighted by Gasteiger charge is 2.19. The Labute approximate surface area is 112 Å². The van der Waals surface area contributed by atoms with E-state index in [2.05, 4.69) is 19.7 Å². The maximum absolute atomic E-state index is 12.3. The predicted octanol–water partition coefficient (Wildman–Crippen LogP) is 1.54. The second-order valence-corrected chi connectivity index (χ2v) is 5.60. The molecule has 0 amide bonds. The summed E-state index contributed by atoms with van der Waals surface area (Å²) < 4.78 is 27.0. The summed E-state index contributed by atoms with van der Waals surface area (Å²) >= 11 is 0. The molecular formula is C12H14N4O2S. The third kappa shape index (κ3) is 3.05. The third-order valence-corrected chi connectivity index (χ3v) is 3.95. The van der Waals surface area contributed by atoms with Crippen molar-refractivity contribution in [1.82, 2.24) is 15.0 Å². The normalized spacial score (nSPS) is 11.3. The zero-order valence-electron chi connectivity index (χ0n) is 10.7. The molecule has 0 saturated heterocycles. The van der Waals surface area contributed by atoms with Gasteiger partial charge in [0.25, 0.3) is 10.0 Å². The molecule has 2 aromatic heterocycles. The van der Waals surface area contributed by atoms with Crippen LogP contribution in [-0.4, -0.2) is 23.4 Å². The van der Waals surface area contributed by atoms with Gasteiger partial charge in [-0.3, -0.25) is 9.71 Å². The van der Waals surface area contributed by atoms with Gasteiger partial charge in [-0.2, -0.15) is 0 Å². The van der Waals surface area contributed by atoms with Crippen molar-refractivity contribution < 1.29 is 8.42 Å². The van der Waals surface area contributed by atoms with Crippen LogP contribution < -0.4 is 4.72 Å². The molecule has 0 aliphatic rings. The van der Waals surface area contributed by atoms with Gasteiger partial charge in [0, 0.05) is 11.9 Å². The van der Waals surface area contributed by atoms with Crippen LogP contribution in [0.15, 0.2) is 35.6 Å². The minimum absolute atomic E-state index is 0.180. The molecule has 0 aromatic carbocycles. The van der Waals surface area contributed by atoms with Crippen LogP contribution in [-0.2, 0) is 16.4 Å². The Bertz CT molecular complexity index is 671. The van der Waals surface area contributed by atoms with E-state index < -0.39 is 10.0 Å². The lowest BCUT2D eigenvalue weighted by Crippen LogP contribution is -2.16. The highest BCUT2D eigenvalue weighted by Crippen LogP contribution is 2.18. The molecule has 1 N–H and O–H groups in total. The zero-order valence-corrected chi connectivity index (χ0v) is 11.5. The van der Waals surface area contributed by atoms with E-state index in [4.69, 9.17) is 0 Å². The molecular weight excluding hydrogens is 264 g/mol. The lowest BCUT2D eigenvalue weighted by atomic mass is 10.2. The molecule has 0 saturated carbocycles. The molecule has 7 heteroatoms. The standard InChI is InChI=1S/C12H14N4O2S/c1-3-10-11(5-4-9(2)15-10)19(17,18)16-12-6-7-13-8-14-12/h4-8H,3H2,1-2H3,(H,13,14,16). The second-order valence-electron chi connectivity index (χ2n) is 3.95. The van der Waals surface area contributed by atoms with E-state index >= 15 is 0 Å². The largest absolute Gasteiger partial charge is 0.264 e. The summed E-state index contributed by atoms with van der Waals surface area (Å²) in [5, 5.41) is 0. The van der Waals surface area contributed by atoms with Crippen molar-refractivity contribution in [3.63, 3.8) is 0 Å². The summed E-state index contributed by atoms with van der Waals surface area (Å²) in [5.74, 6) is 0.234. The maximum Gasteiger partial charge on any atom is 0.264 e. The first-order valence-electron chi connectivity index (χ1n) is 5.78. The van der Waals surface area contributed by atoms with Crippen LogP contribution in [0, 0.1) is 6.92 Å². The lowest BCUT2D eigenvalue weighted by Gasteiger charge is -2.10. The fraction of sp³-hybridized carbons (Fsp3) is 0.250. The van der Waals surface area contributed by atoms with Crippen molar-refractivity contribution in [3.05, 3.63) is 42.1 Å². The first-order valence-corrected chi connectivity index (χ1v) is 7.26. The van der Waals surface area contributed by atoms with Gasteiger partial charge in [-0.15, -0.1) is 0 Å². The molecule has 100 valence electrons. The van der Waals surface area contributed by atoms with Gasteiger partial charge < -0.3 is 0 Å². The Morgan fingerprint density at radius 2 is 2.05 bits per heavy atom. The maximum atomic E-state index is 12.3. The number of anilines is 1. The number of hydrogen-bond donors (Lipinski definition) is 1. The number of hydrogen-bond acceptors (Lipinski definition) is 5. The van der Waals surface area contributed by atoms with E-state index in [1.807, 2.05) is 13.8 Å². The first-order chi connectivity index (χ1) is 9.03. The Hall–Kier alpha value is -2.02. The van der Waals surface area contributed by atoms with E-state index in [0.717, 1.165) is 5.69 Å². The fourth-order valence-corrected chi connectivity index (χ4v) is 2.89. The molecule has 0 fully saturated rings. The second kappa shape index (κ2) is 5.31. The zero-order chi connectivity index (χ0) is 13.9. The van der Waals surface area contributed by atoms with E-state index in [0.29, 0.717) is 12.1 Å². The number of sulfonamides is 1. The van der Waals surface area contributed by atoms with Gasteiger partial charge in [0.1, 0.15) is 17.0 Å². The quantitative estimate of drug-likeness (QED) is 0.917. The van der Waals surface area contributed by atoms with Crippen molar-refractivity contribution in [2.45, 2.75) is 25.2 Å². The van der Waals surface area contributed by atoms with Crippen molar-refractivity contribution >= 4 is 15.8 Å². The molecule has 19 heavy (non-hydrogen) atoms. The smallest absolute Gasteiger partial charge is 0.263 e. The summed E-state index contributed by atoms with van der Waals surface area (Å²) in [6, 6.07) is 4.73. The van der Waals surface area contributed by atoms with Crippen LogP contribution in [0.4, 0.5) is 5.82 Å². The van der Waals surface area contributed by atoms with Gasteiger partial charge in [-0.25, -0.2) is 18.4 Å². The number of aromatic nitrogens is 3. The van der Waals surface area contributed by atoms with Crippen LogP contribution in [0.3, 0.4) is 0 Å². The third-order valence-electron chi connectivity index (χ3n) is 2.52. The lowest BCUT2D eigenvalue weighted by molar-refractivity contribution is 0.599. The number of nitrogens with one attached hydrogen (secondary N) is 1. The molecule has 2 heterocycles. The Morgan fingerprint density at radius 1 is 1.26 bits per heavy atom. The number of aryl methyl sites for hydroxylation is 2. The summed E-state index contributed by atoms with van der Waals surface area (Å²) in [4.78, 5) is 12.0. The van der Waals surface area contributed by atoms with Gasteiger partial charge >= 0.3 is 0 Å². The summed E-state index contributed by atoms with van der Waals surface area (Å²) in [6.45, 7) is 3.69. The van der Waals surface area contributed by atoms with Crippen LogP contribution in [0.2, 0.25) is 0 Å². The van der Waals surface area contributed by atoms with Crippen LogP contribution in [0.25, 0.3) is 0 Å². The molecule has 0 aliphatic carbocycles. The monoisotopic (exact) mass is 278 g/mol. The molecule has 2 rings (SSSR count). The number of nitrogens with zero attached hydrogens (tertiary/aromatic N) is 3. The van der Waals surface area contributed by atoms with Crippen molar-refractivity contribution in [3.8, 4) is 0 Å². The van der Waals surface area contributed by atoms with Gasteiger partial charge in [0.15, 0.2) is 0 Å². The van der Waals surface area contributed by atoms with Crippen molar-refractivity contribution in [1.29, 1.82) is 0 Å². The van der Waals surface area contributed by atoms with Gasteiger partial charge in [-0.05, 0) is 31.5 Å². The molecule has 0 atom stereocenters. The van der Waals surface area contributed by atoms with E-state index in [1.165, 1.54) is 18.6 Å². The summed E-state index contributed by atoms with van der Waals surface area (Å²) in [6.07, 6.45) is 3.30. The molecule has 2 aromatic rings. The molecule has 0 aliphatic heterocycles. The number of rotatable bonds is 4. The predicted molar refractivity (Wildman–Crippen MR) is 71.2 cm³/mol. The van der Waals surface area contributed by atoms with Crippen molar-refractivity contribution in [2.24, 2.45) is 0 Å². The summed E-state index contributed by atoms with van der Waals surface area (Å²) in [7, 11) is -3.68.